The van der Waals surface area contributed by atoms with Gasteiger partial charge in [-0.3, -0.25) is 4.79 Å². The van der Waals surface area contributed by atoms with Crippen LogP contribution in [0.15, 0.2) is 30.3 Å². The predicted molar refractivity (Wildman–Crippen MR) is 89.2 cm³/mol. The molecule has 0 aliphatic carbocycles. The van der Waals surface area contributed by atoms with Gasteiger partial charge < -0.3 is 15.4 Å². The van der Waals surface area contributed by atoms with Crippen LogP contribution >= 0.6 is 0 Å². The maximum Gasteiger partial charge on any atom is 0.410 e. The number of likely N-dealkylation sites (tertiary alicyclic amines) is 1. The first kappa shape index (κ1) is 17.5. The summed E-state index contributed by atoms with van der Waals surface area (Å²) >= 11 is 0. The third-order valence-corrected chi connectivity index (χ3v) is 4.31. The van der Waals surface area contributed by atoms with E-state index in [1.807, 2.05) is 51.1 Å². The Hall–Kier alpha value is -1.88. The maximum atomic E-state index is 12.5. The molecule has 0 atom stereocenters. The fourth-order valence-corrected chi connectivity index (χ4v) is 3.08. The van der Waals surface area contributed by atoms with Gasteiger partial charge in [0.25, 0.3) is 0 Å². The van der Waals surface area contributed by atoms with Crippen molar-refractivity contribution in [1.29, 1.82) is 0 Å². The molecule has 2 N–H and O–H groups in total. The molecule has 1 fully saturated rings. The molecule has 5 heteroatoms. The fourth-order valence-electron chi connectivity index (χ4n) is 3.08. The van der Waals surface area contributed by atoms with Gasteiger partial charge in [0.2, 0.25) is 0 Å². The van der Waals surface area contributed by atoms with Crippen molar-refractivity contribution in [3.05, 3.63) is 35.9 Å². The minimum Gasteiger partial charge on any atom is -0.444 e. The van der Waals surface area contributed by atoms with E-state index in [2.05, 4.69) is 0 Å². The molecule has 5 nitrogen and oxygen atoms in total. The molecule has 126 valence electrons. The monoisotopic (exact) mass is 318 g/mol. The lowest BCUT2D eigenvalue weighted by Gasteiger charge is -2.41. The van der Waals surface area contributed by atoms with Crippen molar-refractivity contribution in [3.8, 4) is 0 Å². The number of piperidine rings is 1. The summed E-state index contributed by atoms with van der Waals surface area (Å²) < 4.78 is 5.42. The minimum atomic E-state index is -0.589. The summed E-state index contributed by atoms with van der Waals surface area (Å²) in [6, 6.07) is 9.73. The lowest BCUT2D eigenvalue weighted by atomic mass is 9.69. The molecule has 0 aromatic heterocycles. The number of carbonyl (C=O) groups is 2. The van der Waals surface area contributed by atoms with Crippen LogP contribution in [-0.2, 0) is 14.9 Å². The second kappa shape index (κ2) is 6.71. The zero-order valence-electron chi connectivity index (χ0n) is 14.2. The highest BCUT2D eigenvalue weighted by Crippen LogP contribution is 2.36. The summed E-state index contributed by atoms with van der Waals surface area (Å²) in [5.41, 5.74) is 5.53. The predicted octanol–water partition coefficient (Wildman–Crippen LogP) is 2.48. The van der Waals surface area contributed by atoms with Crippen molar-refractivity contribution in [2.24, 2.45) is 5.73 Å². The number of rotatable bonds is 3. The van der Waals surface area contributed by atoms with E-state index in [9.17, 15) is 9.59 Å². The molecule has 0 unspecified atom stereocenters. The van der Waals surface area contributed by atoms with E-state index in [0.717, 1.165) is 5.56 Å². The standard InChI is InChI=1S/C18H26N2O3/c1-17(2,3)23-16(22)20-11-9-18(10-12-20,15(21)13-19)14-7-5-4-6-8-14/h4-8H,9-13,19H2,1-3H3. The van der Waals surface area contributed by atoms with Gasteiger partial charge in [-0.15, -0.1) is 0 Å². The molecule has 1 saturated heterocycles. The molecule has 0 saturated carbocycles. The largest absolute Gasteiger partial charge is 0.444 e. The van der Waals surface area contributed by atoms with Crippen LogP contribution < -0.4 is 5.73 Å². The maximum absolute atomic E-state index is 12.5. The molecular formula is C18H26N2O3. The van der Waals surface area contributed by atoms with Gasteiger partial charge in [-0.1, -0.05) is 30.3 Å². The highest BCUT2D eigenvalue weighted by atomic mass is 16.6. The summed E-state index contributed by atoms with van der Waals surface area (Å²) in [6.07, 6.45) is 0.831. The Balaban J connectivity index is 2.15. The Morgan fingerprint density at radius 2 is 1.74 bits per heavy atom. The summed E-state index contributed by atoms with van der Waals surface area (Å²) in [4.78, 5) is 26.4. The van der Waals surface area contributed by atoms with E-state index in [0.29, 0.717) is 25.9 Å². The fraction of sp³-hybridized carbons (Fsp3) is 0.556. The van der Waals surface area contributed by atoms with Gasteiger partial charge in [-0.25, -0.2) is 4.79 Å². The summed E-state index contributed by atoms with van der Waals surface area (Å²) in [5.74, 6) is 0.0348. The van der Waals surface area contributed by atoms with Crippen molar-refractivity contribution in [2.75, 3.05) is 19.6 Å². The molecule has 2 rings (SSSR count). The average Bonchev–Trinajstić information content (AvgIpc) is 2.53. The molecule has 0 radical (unpaired) electrons. The Bertz CT molecular complexity index is 555. The lowest BCUT2D eigenvalue weighted by Crippen LogP contribution is -2.51. The smallest absolute Gasteiger partial charge is 0.410 e. The van der Waals surface area contributed by atoms with E-state index in [1.54, 1.807) is 4.90 Å². The van der Waals surface area contributed by atoms with Crippen molar-refractivity contribution >= 4 is 11.9 Å². The molecule has 1 heterocycles. The Morgan fingerprint density at radius 1 is 1.17 bits per heavy atom. The summed E-state index contributed by atoms with van der Waals surface area (Å²) in [6.45, 7) is 6.55. The van der Waals surface area contributed by atoms with Gasteiger partial charge in [0, 0.05) is 13.1 Å². The van der Waals surface area contributed by atoms with Gasteiger partial charge in [-0.2, -0.15) is 0 Å². The first-order chi connectivity index (χ1) is 10.8. The van der Waals surface area contributed by atoms with Gasteiger partial charge in [0.15, 0.2) is 5.78 Å². The van der Waals surface area contributed by atoms with E-state index >= 15 is 0 Å². The first-order valence-corrected chi connectivity index (χ1v) is 8.05. The van der Waals surface area contributed by atoms with Crippen LogP contribution in [0.25, 0.3) is 0 Å². The van der Waals surface area contributed by atoms with Crippen LogP contribution in [0.1, 0.15) is 39.2 Å². The number of nitrogens with zero attached hydrogens (tertiary/aromatic N) is 1. The van der Waals surface area contributed by atoms with Crippen LogP contribution in [0.3, 0.4) is 0 Å². The molecular weight excluding hydrogens is 292 g/mol. The number of benzene rings is 1. The van der Waals surface area contributed by atoms with Crippen molar-refractivity contribution in [1.82, 2.24) is 4.90 Å². The zero-order chi connectivity index (χ0) is 17.1. The molecule has 1 aromatic carbocycles. The number of carbonyl (C=O) groups excluding carboxylic acids is 2. The number of Topliss-reactive ketones (excluding diaryl/α,β-unsaturated/α-hetero) is 1. The van der Waals surface area contributed by atoms with Crippen molar-refractivity contribution in [2.45, 2.75) is 44.6 Å². The van der Waals surface area contributed by atoms with Crippen LogP contribution in [0.2, 0.25) is 0 Å². The number of nitrogens with two attached hydrogens (primary N) is 1. The number of ether oxygens (including phenoxy) is 1. The minimum absolute atomic E-state index is 0.0152. The lowest BCUT2D eigenvalue weighted by molar-refractivity contribution is -0.125. The summed E-state index contributed by atoms with van der Waals surface area (Å²) in [7, 11) is 0. The molecule has 0 bridgehead atoms. The Labute approximate surface area is 137 Å². The highest BCUT2D eigenvalue weighted by Gasteiger charge is 2.43. The third-order valence-electron chi connectivity index (χ3n) is 4.31. The summed E-state index contributed by atoms with van der Waals surface area (Å²) in [5, 5.41) is 0. The number of hydrogen-bond donors (Lipinski definition) is 1. The Kier molecular flexibility index (Phi) is 5.09. The molecule has 1 amide bonds. The quantitative estimate of drug-likeness (QED) is 0.929. The van der Waals surface area contributed by atoms with Crippen molar-refractivity contribution < 1.29 is 14.3 Å². The average molecular weight is 318 g/mol. The van der Waals surface area contributed by atoms with Gasteiger partial charge in [-0.05, 0) is 39.2 Å². The van der Waals surface area contributed by atoms with E-state index in [4.69, 9.17) is 10.5 Å². The van der Waals surface area contributed by atoms with E-state index in [1.165, 1.54) is 0 Å². The van der Waals surface area contributed by atoms with E-state index < -0.39 is 11.0 Å². The number of hydrogen-bond acceptors (Lipinski definition) is 4. The molecule has 23 heavy (non-hydrogen) atoms. The SMILES string of the molecule is CC(C)(C)OC(=O)N1CCC(C(=O)CN)(c2ccccc2)CC1. The van der Waals surface area contributed by atoms with Crippen LogP contribution in [-0.4, -0.2) is 42.0 Å². The molecule has 1 aromatic rings. The van der Waals surface area contributed by atoms with Gasteiger partial charge in [0.05, 0.1) is 12.0 Å². The third kappa shape index (κ3) is 3.91. The van der Waals surface area contributed by atoms with E-state index in [-0.39, 0.29) is 18.4 Å². The second-order valence-electron chi connectivity index (χ2n) is 7.04. The molecule has 1 aliphatic rings. The van der Waals surface area contributed by atoms with Crippen molar-refractivity contribution in [3.63, 3.8) is 0 Å². The van der Waals surface area contributed by atoms with Crippen LogP contribution in [0.4, 0.5) is 4.79 Å². The normalized spacial score (nSPS) is 17.7. The van der Waals surface area contributed by atoms with Gasteiger partial charge in [0.1, 0.15) is 5.60 Å². The topological polar surface area (TPSA) is 72.6 Å². The van der Waals surface area contributed by atoms with Crippen LogP contribution in [0, 0.1) is 0 Å². The Morgan fingerprint density at radius 3 is 2.22 bits per heavy atom. The molecule has 0 spiro atoms. The number of ketones is 1. The number of amides is 1. The highest BCUT2D eigenvalue weighted by molar-refractivity contribution is 5.92. The second-order valence-corrected chi connectivity index (χ2v) is 7.04. The molecule has 1 aliphatic heterocycles. The van der Waals surface area contributed by atoms with Crippen LogP contribution in [0.5, 0.6) is 0 Å². The first-order valence-electron chi connectivity index (χ1n) is 8.05. The van der Waals surface area contributed by atoms with Gasteiger partial charge >= 0.3 is 6.09 Å². The zero-order valence-corrected chi connectivity index (χ0v) is 14.2.